The highest BCUT2D eigenvalue weighted by Crippen LogP contribution is 2.29. The molecular formula is C10H17N3O. The van der Waals surface area contributed by atoms with Crippen molar-refractivity contribution < 1.29 is 4.74 Å². The number of hydrogen-bond acceptors (Lipinski definition) is 3. The first kappa shape index (κ1) is 9.68. The SMILES string of the molecule is C[C@H](N)c1cncn1C1(C)CCOC1. The lowest BCUT2D eigenvalue weighted by molar-refractivity contribution is 0.160. The van der Waals surface area contributed by atoms with Crippen molar-refractivity contribution in [3.8, 4) is 0 Å². The van der Waals surface area contributed by atoms with Crippen molar-refractivity contribution >= 4 is 0 Å². The summed E-state index contributed by atoms with van der Waals surface area (Å²) >= 11 is 0. The minimum atomic E-state index is 0.0231. The summed E-state index contributed by atoms with van der Waals surface area (Å²) in [5, 5.41) is 0. The zero-order valence-electron chi connectivity index (χ0n) is 8.73. The molecule has 1 unspecified atom stereocenters. The highest BCUT2D eigenvalue weighted by molar-refractivity contribution is 5.08. The molecule has 2 atom stereocenters. The minimum absolute atomic E-state index is 0.0231. The standard InChI is InChI=1S/C10H17N3O/c1-8(11)9-5-12-7-13(9)10(2)3-4-14-6-10/h5,7-8H,3-4,6,11H2,1-2H3/t8-,10?/m0/s1. The van der Waals surface area contributed by atoms with Gasteiger partial charge in [-0.15, -0.1) is 0 Å². The fourth-order valence-corrected chi connectivity index (χ4v) is 1.94. The average molecular weight is 195 g/mol. The first-order chi connectivity index (χ1) is 6.63. The first-order valence-corrected chi connectivity index (χ1v) is 4.99. The van der Waals surface area contributed by atoms with Crippen molar-refractivity contribution in [2.45, 2.75) is 31.8 Å². The van der Waals surface area contributed by atoms with E-state index >= 15 is 0 Å². The summed E-state index contributed by atoms with van der Waals surface area (Å²) < 4.78 is 7.59. The Kier molecular flexibility index (Phi) is 2.33. The van der Waals surface area contributed by atoms with Crippen molar-refractivity contribution in [2.24, 2.45) is 5.73 Å². The van der Waals surface area contributed by atoms with E-state index in [1.807, 2.05) is 19.4 Å². The van der Waals surface area contributed by atoms with E-state index in [0.29, 0.717) is 0 Å². The third-order valence-electron chi connectivity index (χ3n) is 2.91. The fourth-order valence-electron chi connectivity index (χ4n) is 1.94. The second-order valence-electron chi connectivity index (χ2n) is 4.28. The number of nitrogens with zero attached hydrogens (tertiary/aromatic N) is 2. The van der Waals surface area contributed by atoms with E-state index in [2.05, 4.69) is 16.5 Å². The van der Waals surface area contributed by atoms with Crippen molar-refractivity contribution in [3.05, 3.63) is 18.2 Å². The molecule has 1 aliphatic rings. The maximum Gasteiger partial charge on any atom is 0.0954 e. The molecule has 0 saturated carbocycles. The Labute approximate surface area is 84.1 Å². The van der Waals surface area contributed by atoms with Gasteiger partial charge in [0.2, 0.25) is 0 Å². The monoisotopic (exact) mass is 195 g/mol. The van der Waals surface area contributed by atoms with Gasteiger partial charge in [-0.25, -0.2) is 4.98 Å². The molecule has 2 N–H and O–H groups in total. The second kappa shape index (κ2) is 3.37. The van der Waals surface area contributed by atoms with E-state index in [-0.39, 0.29) is 11.6 Å². The molecule has 2 heterocycles. The van der Waals surface area contributed by atoms with Crippen molar-refractivity contribution in [3.63, 3.8) is 0 Å². The Bertz CT molecular complexity index is 313. The van der Waals surface area contributed by atoms with Crippen molar-refractivity contribution in [2.75, 3.05) is 13.2 Å². The van der Waals surface area contributed by atoms with Gasteiger partial charge in [-0.3, -0.25) is 0 Å². The van der Waals surface area contributed by atoms with Gasteiger partial charge >= 0.3 is 0 Å². The van der Waals surface area contributed by atoms with Gasteiger partial charge in [0.1, 0.15) is 0 Å². The van der Waals surface area contributed by atoms with Crippen LogP contribution in [0.15, 0.2) is 12.5 Å². The summed E-state index contributed by atoms with van der Waals surface area (Å²) in [6, 6.07) is 0.0231. The fraction of sp³-hybridized carbons (Fsp3) is 0.700. The van der Waals surface area contributed by atoms with Crippen LogP contribution in [-0.2, 0) is 10.3 Å². The molecule has 0 spiro atoms. The highest BCUT2D eigenvalue weighted by Gasteiger charge is 2.33. The normalized spacial score (nSPS) is 29.4. The van der Waals surface area contributed by atoms with Crippen molar-refractivity contribution in [1.29, 1.82) is 0 Å². The number of hydrogen-bond donors (Lipinski definition) is 1. The molecule has 0 aliphatic carbocycles. The van der Waals surface area contributed by atoms with Gasteiger partial charge in [0.05, 0.1) is 24.2 Å². The quantitative estimate of drug-likeness (QED) is 0.767. The average Bonchev–Trinajstić information content (AvgIpc) is 2.71. The van der Waals surface area contributed by atoms with E-state index < -0.39 is 0 Å². The maximum atomic E-state index is 5.88. The van der Waals surface area contributed by atoms with Gasteiger partial charge in [0, 0.05) is 18.8 Å². The van der Waals surface area contributed by atoms with Crippen molar-refractivity contribution in [1.82, 2.24) is 9.55 Å². The summed E-state index contributed by atoms with van der Waals surface area (Å²) in [6.45, 7) is 5.75. The number of nitrogens with two attached hydrogens (primary N) is 1. The van der Waals surface area contributed by atoms with Gasteiger partial charge in [0.25, 0.3) is 0 Å². The summed E-state index contributed by atoms with van der Waals surface area (Å²) in [5.41, 5.74) is 7.01. The van der Waals surface area contributed by atoms with Crippen LogP contribution in [0.1, 0.15) is 32.0 Å². The van der Waals surface area contributed by atoms with Gasteiger partial charge in [-0.05, 0) is 20.3 Å². The van der Waals surface area contributed by atoms with Crippen LogP contribution in [0, 0.1) is 0 Å². The molecule has 4 nitrogen and oxygen atoms in total. The molecule has 2 rings (SSSR count). The van der Waals surface area contributed by atoms with Crippen LogP contribution in [-0.4, -0.2) is 22.8 Å². The number of ether oxygens (including phenoxy) is 1. The van der Waals surface area contributed by atoms with Gasteiger partial charge in [-0.2, -0.15) is 0 Å². The Morgan fingerprint density at radius 1 is 1.71 bits per heavy atom. The van der Waals surface area contributed by atoms with E-state index in [1.165, 1.54) is 0 Å². The van der Waals surface area contributed by atoms with Crippen LogP contribution in [0.25, 0.3) is 0 Å². The number of aromatic nitrogens is 2. The van der Waals surface area contributed by atoms with Crippen LogP contribution in [0.3, 0.4) is 0 Å². The summed E-state index contributed by atoms with van der Waals surface area (Å²) in [4.78, 5) is 4.16. The Balaban J connectivity index is 2.35. The Hall–Kier alpha value is -0.870. The predicted octanol–water partition coefficient (Wildman–Crippen LogP) is 1.04. The van der Waals surface area contributed by atoms with Crippen LogP contribution in [0.2, 0.25) is 0 Å². The summed E-state index contributed by atoms with van der Waals surface area (Å²) in [7, 11) is 0. The van der Waals surface area contributed by atoms with E-state index in [9.17, 15) is 0 Å². The van der Waals surface area contributed by atoms with Gasteiger partial charge < -0.3 is 15.0 Å². The third kappa shape index (κ3) is 1.44. The molecule has 4 heteroatoms. The lowest BCUT2D eigenvalue weighted by atomic mass is 10.0. The van der Waals surface area contributed by atoms with E-state index in [4.69, 9.17) is 10.5 Å². The van der Waals surface area contributed by atoms with Crippen LogP contribution in [0.5, 0.6) is 0 Å². The second-order valence-corrected chi connectivity index (χ2v) is 4.28. The largest absolute Gasteiger partial charge is 0.379 e. The molecule has 1 saturated heterocycles. The first-order valence-electron chi connectivity index (χ1n) is 4.99. The third-order valence-corrected chi connectivity index (χ3v) is 2.91. The van der Waals surface area contributed by atoms with Crippen LogP contribution in [0.4, 0.5) is 0 Å². The lowest BCUT2D eigenvalue weighted by Gasteiger charge is -2.27. The minimum Gasteiger partial charge on any atom is -0.379 e. The molecule has 1 aromatic heterocycles. The van der Waals surface area contributed by atoms with E-state index in [0.717, 1.165) is 25.3 Å². The predicted molar refractivity (Wildman–Crippen MR) is 53.9 cm³/mol. The maximum absolute atomic E-state index is 5.88. The molecule has 1 fully saturated rings. The zero-order valence-corrected chi connectivity index (χ0v) is 8.73. The Morgan fingerprint density at radius 3 is 3.07 bits per heavy atom. The molecule has 14 heavy (non-hydrogen) atoms. The molecule has 1 aliphatic heterocycles. The molecule has 78 valence electrons. The summed E-state index contributed by atoms with van der Waals surface area (Å²) in [5.74, 6) is 0. The van der Waals surface area contributed by atoms with Gasteiger partial charge in [0.15, 0.2) is 0 Å². The smallest absolute Gasteiger partial charge is 0.0954 e. The van der Waals surface area contributed by atoms with Crippen LogP contribution < -0.4 is 5.73 Å². The molecule has 0 bridgehead atoms. The van der Waals surface area contributed by atoms with Crippen LogP contribution >= 0.6 is 0 Å². The molecule has 1 aromatic rings. The molecule has 0 amide bonds. The summed E-state index contributed by atoms with van der Waals surface area (Å²) in [6.07, 6.45) is 4.73. The van der Waals surface area contributed by atoms with E-state index in [1.54, 1.807) is 0 Å². The molecule has 0 radical (unpaired) electrons. The Morgan fingerprint density at radius 2 is 2.50 bits per heavy atom. The lowest BCUT2D eigenvalue weighted by Crippen LogP contribution is -2.32. The number of imidazole rings is 1. The molecular weight excluding hydrogens is 178 g/mol. The highest BCUT2D eigenvalue weighted by atomic mass is 16.5. The molecule has 0 aromatic carbocycles. The topological polar surface area (TPSA) is 53.1 Å². The van der Waals surface area contributed by atoms with Gasteiger partial charge in [-0.1, -0.05) is 0 Å². The zero-order chi connectivity index (χ0) is 10.2. The number of rotatable bonds is 2.